The van der Waals surface area contributed by atoms with Crippen molar-refractivity contribution in [3.05, 3.63) is 23.8 Å². The quantitative estimate of drug-likeness (QED) is 0.878. The number of para-hydroxylation sites is 1. The number of benzene rings is 1. The van der Waals surface area contributed by atoms with Crippen LogP contribution in [0.1, 0.15) is 44.0 Å². The third kappa shape index (κ3) is 5.05. The zero-order valence-electron chi connectivity index (χ0n) is 16.2. The molecular formula is C20H28N2O5. The minimum absolute atomic E-state index is 0.188. The average Bonchev–Trinajstić information content (AvgIpc) is 2.64. The van der Waals surface area contributed by atoms with E-state index in [1.807, 2.05) is 20.8 Å². The van der Waals surface area contributed by atoms with Gasteiger partial charge in [-0.2, -0.15) is 0 Å². The van der Waals surface area contributed by atoms with Crippen LogP contribution in [0, 0.1) is 5.92 Å². The van der Waals surface area contributed by atoms with E-state index >= 15 is 0 Å². The topological polar surface area (TPSA) is 77.1 Å². The minimum atomic E-state index is -0.507. The van der Waals surface area contributed by atoms with Crippen molar-refractivity contribution in [2.24, 2.45) is 5.92 Å². The highest BCUT2D eigenvalue weighted by atomic mass is 16.6. The first-order chi connectivity index (χ1) is 12.8. The highest BCUT2D eigenvalue weighted by molar-refractivity contribution is 5.97. The Morgan fingerprint density at radius 3 is 2.81 bits per heavy atom. The summed E-state index contributed by atoms with van der Waals surface area (Å²) in [6.45, 7) is 8.28. The SMILES string of the molecule is CC(C)(C)OC(=O)N1CCCC(CNC(=O)c2cccc3c2OCCO3)C1. The molecule has 7 nitrogen and oxygen atoms in total. The summed E-state index contributed by atoms with van der Waals surface area (Å²) < 4.78 is 16.6. The molecule has 1 aromatic carbocycles. The molecule has 0 aromatic heterocycles. The molecule has 3 rings (SSSR count). The van der Waals surface area contributed by atoms with Gasteiger partial charge >= 0.3 is 6.09 Å². The number of likely N-dealkylation sites (tertiary alicyclic amines) is 1. The Labute approximate surface area is 160 Å². The first-order valence-electron chi connectivity index (χ1n) is 9.48. The Balaban J connectivity index is 1.55. The van der Waals surface area contributed by atoms with Crippen molar-refractivity contribution < 1.29 is 23.8 Å². The minimum Gasteiger partial charge on any atom is -0.486 e. The van der Waals surface area contributed by atoms with Gasteiger partial charge in [-0.1, -0.05) is 6.07 Å². The fraction of sp³-hybridized carbons (Fsp3) is 0.600. The first-order valence-corrected chi connectivity index (χ1v) is 9.48. The van der Waals surface area contributed by atoms with Crippen LogP contribution < -0.4 is 14.8 Å². The number of carbonyl (C=O) groups excluding carboxylic acids is 2. The van der Waals surface area contributed by atoms with Crippen LogP contribution >= 0.6 is 0 Å². The zero-order chi connectivity index (χ0) is 19.4. The van der Waals surface area contributed by atoms with Crippen LogP contribution in [-0.2, 0) is 4.74 Å². The molecule has 1 unspecified atom stereocenters. The number of hydrogen-bond donors (Lipinski definition) is 1. The van der Waals surface area contributed by atoms with Crippen LogP contribution in [0.4, 0.5) is 4.79 Å². The second-order valence-electron chi connectivity index (χ2n) is 7.97. The van der Waals surface area contributed by atoms with Crippen LogP contribution in [0.15, 0.2) is 18.2 Å². The zero-order valence-corrected chi connectivity index (χ0v) is 16.2. The van der Waals surface area contributed by atoms with Crippen molar-refractivity contribution in [1.29, 1.82) is 0 Å². The Bertz CT molecular complexity index is 698. The normalized spacial score (nSPS) is 19.4. The molecule has 1 atom stereocenters. The predicted molar refractivity (Wildman–Crippen MR) is 100 cm³/mol. The van der Waals surface area contributed by atoms with Gasteiger partial charge in [0.05, 0.1) is 5.56 Å². The summed E-state index contributed by atoms with van der Waals surface area (Å²) in [6.07, 6.45) is 1.57. The standard InChI is InChI=1S/C20H28N2O5/c1-20(2,3)27-19(24)22-9-5-6-14(13-22)12-21-18(23)15-7-4-8-16-17(15)26-11-10-25-16/h4,7-8,14H,5-6,9-13H2,1-3H3,(H,21,23). The lowest BCUT2D eigenvalue weighted by Crippen LogP contribution is -2.45. The number of fused-ring (bicyclic) bond motifs is 1. The maximum atomic E-state index is 12.6. The van der Waals surface area contributed by atoms with Crippen molar-refractivity contribution >= 4 is 12.0 Å². The van der Waals surface area contributed by atoms with Gasteiger partial charge in [-0.05, 0) is 51.7 Å². The fourth-order valence-electron chi connectivity index (χ4n) is 3.31. The molecule has 2 aliphatic rings. The lowest BCUT2D eigenvalue weighted by Gasteiger charge is -2.34. The Hall–Kier alpha value is -2.44. The molecule has 0 radical (unpaired) electrons. The monoisotopic (exact) mass is 376 g/mol. The molecule has 1 saturated heterocycles. The summed E-state index contributed by atoms with van der Waals surface area (Å²) in [5, 5.41) is 2.97. The summed E-state index contributed by atoms with van der Waals surface area (Å²) in [5.41, 5.74) is -0.0285. The third-order valence-electron chi connectivity index (χ3n) is 4.53. The molecule has 27 heavy (non-hydrogen) atoms. The van der Waals surface area contributed by atoms with E-state index in [4.69, 9.17) is 14.2 Å². The fourth-order valence-corrected chi connectivity index (χ4v) is 3.31. The van der Waals surface area contributed by atoms with Gasteiger partial charge in [0, 0.05) is 19.6 Å². The van der Waals surface area contributed by atoms with Crippen LogP contribution in [0.5, 0.6) is 11.5 Å². The maximum Gasteiger partial charge on any atom is 0.410 e. The van der Waals surface area contributed by atoms with E-state index in [2.05, 4.69) is 5.32 Å². The largest absolute Gasteiger partial charge is 0.486 e. The lowest BCUT2D eigenvalue weighted by atomic mass is 9.98. The van der Waals surface area contributed by atoms with Crippen molar-refractivity contribution in [1.82, 2.24) is 10.2 Å². The van der Waals surface area contributed by atoms with Crippen molar-refractivity contribution in [3.63, 3.8) is 0 Å². The predicted octanol–water partition coefficient (Wildman–Crippen LogP) is 2.83. The maximum absolute atomic E-state index is 12.6. The third-order valence-corrected chi connectivity index (χ3v) is 4.53. The van der Waals surface area contributed by atoms with E-state index in [0.29, 0.717) is 49.9 Å². The van der Waals surface area contributed by atoms with Gasteiger partial charge in [0.25, 0.3) is 5.91 Å². The molecule has 1 N–H and O–H groups in total. The number of carbonyl (C=O) groups is 2. The molecule has 0 aliphatic carbocycles. The molecule has 7 heteroatoms. The summed E-state index contributed by atoms with van der Waals surface area (Å²) >= 11 is 0. The number of amides is 2. The molecule has 1 fully saturated rings. The molecule has 0 saturated carbocycles. The van der Waals surface area contributed by atoms with Gasteiger partial charge < -0.3 is 24.4 Å². The van der Waals surface area contributed by atoms with Crippen LogP contribution in [-0.4, -0.2) is 55.3 Å². The van der Waals surface area contributed by atoms with Crippen molar-refractivity contribution in [2.45, 2.75) is 39.2 Å². The highest BCUT2D eigenvalue weighted by Crippen LogP contribution is 2.33. The lowest BCUT2D eigenvalue weighted by molar-refractivity contribution is 0.0167. The highest BCUT2D eigenvalue weighted by Gasteiger charge is 2.28. The van der Waals surface area contributed by atoms with Gasteiger partial charge in [-0.25, -0.2) is 4.79 Å². The van der Waals surface area contributed by atoms with Gasteiger partial charge in [-0.15, -0.1) is 0 Å². The van der Waals surface area contributed by atoms with Crippen molar-refractivity contribution in [2.75, 3.05) is 32.8 Å². The van der Waals surface area contributed by atoms with Crippen molar-refractivity contribution in [3.8, 4) is 11.5 Å². The van der Waals surface area contributed by atoms with E-state index in [0.717, 1.165) is 12.8 Å². The van der Waals surface area contributed by atoms with Crippen LogP contribution in [0.25, 0.3) is 0 Å². The van der Waals surface area contributed by atoms with E-state index in [-0.39, 0.29) is 17.9 Å². The van der Waals surface area contributed by atoms with Crippen LogP contribution in [0.2, 0.25) is 0 Å². The summed E-state index contributed by atoms with van der Waals surface area (Å²) in [7, 11) is 0. The average molecular weight is 376 g/mol. The second-order valence-corrected chi connectivity index (χ2v) is 7.97. The Kier molecular flexibility index (Phi) is 5.77. The van der Waals surface area contributed by atoms with E-state index in [1.54, 1.807) is 23.1 Å². The van der Waals surface area contributed by atoms with E-state index < -0.39 is 5.60 Å². The number of ether oxygens (including phenoxy) is 3. The van der Waals surface area contributed by atoms with Gasteiger partial charge in [0.15, 0.2) is 11.5 Å². The van der Waals surface area contributed by atoms with Crippen LogP contribution in [0.3, 0.4) is 0 Å². The second kappa shape index (κ2) is 8.06. The number of nitrogens with one attached hydrogen (secondary N) is 1. The van der Waals surface area contributed by atoms with E-state index in [1.165, 1.54) is 0 Å². The summed E-state index contributed by atoms with van der Waals surface area (Å²) in [5.74, 6) is 1.11. The molecule has 0 spiro atoms. The van der Waals surface area contributed by atoms with Gasteiger partial charge in [-0.3, -0.25) is 4.79 Å². The smallest absolute Gasteiger partial charge is 0.410 e. The van der Waals surface area contributed by atoms with Gasteiger partial charge in [0.2, 0.25) is 0 Å². The molecular weight excluding hydrogens is 348 g/mol. The molecule has 2 aliphatic heterocycles. The Morgan fingerprint density at radius 1 is 1.26 bits per heavy atom. The summed E-state index contributed by atoms with van der Waals surface area (Å²) in [4.78, 5) is 26.6. The molecule has 1 aromatic rings. The Morgan fingerprint density at radius 2 is 2.04 bits per heavy atom. The van der Waals surface area contributed by atoms with E-state index in [9.17, 15) is 9.59 Å². The molecule has 148 valence electrons. The number of rotatable bonds is 3. The molecule has 2 amide bonds. The molecule has 2 heterocycles. The van der Waals surface area contributed by atoms with Gasteiger partial charge in [0.1, 0.15) is 18.8 Å². The number of piperidine rings is 1. The number of hydrogen-bond acceptors (Lipinski definition) is 5. The molecule has 0 bridgehead atoms. The number of nitrogens with zero attached hydrogens (tertiary/aromatic N) is 1. The summed E-state index contributed by atoms with van der Waals surface area (Å²) in [6, 6.07) is 5.31. The first kappa shape index (κ1) is 19.3.